The van der Waals surface area contributed by atoms with E-state index in [-0.39, 0.29) is 5.97 Å². The number of fused-ring (bicyclic) bond motifs is 1. The standard InChI is InChI=1S/C26H23Cl3N2O2/c1-25(2)31-22(24(32)33-25)21(15-5-3-7-19(28)13-15)26(30,17-9-11-18(27)12-10-17)23(31)16-6-4-8-20(29)14-16/h3-14,21-23H,30H2,1-2H3/t21-,22+,23-,26-/m0/s1. The molecule has 2 N–H and O–H groups in total. The van der Waals surface area contributed by atoms with Gasteiger partial charge in [-0.1, -0.05) is 71.2 Å². The molecule has 7 heteroatoms. The molecule has 2 aliphatic rings. The van der Waals surface area contributed by atoms with Crippen molar-refractivity contribution in [2.75, 3.05) is 0 Å². The average molecular weight is 502 g/mol. The molecule has 2 fully saturated rings. The number of nitrogens with two attached hydrogens (primary N) is 1. The lowest BCUT2D eigenvalue weighted by molar-refractivity contribution is -0.152. The fraction of sp³-hybridized carbons (Fsp3) is 0.269. The Morgan fingerprint density at radius 1 is 0.848 bits per heavy atom. The minimum Gasteiger partial charge on any atom is -0.443 e. The second-order valence-electron chi connectivity index (χ2n) is 9.15. The highest BCUT2D eigenvalue weighted by Gasteiger charge is 2.68. The van der Waals surface area contributed by atoms with Crippen molar-refractivity contribution in [3.05, 3.63) is 105 Å². The Balaban J connectivity index is 1.83. The number of nitrogens with zero attached hydrogens (tertiary/aromatic N) is 1. The first-order chi connectivity index (χ1) is 15.6. The minimum atomic E-state index is -1.01. The summed E-state index contributed by atoms with van der Waals surface area (Å²) in [5.74, 6) is -0.742. The molecule has 0 saturated carbocycles. The fourth-order valence-electron chi connectivity index (χ4n) is 5.58. The number of carbonyl (C=O) groups excluding carboxylic acids is 1. The van der Waals surface area contributed by atoms with Crippen LogP contribution >= 0.6 is 34.8 Å². The van der Waals surface area contributed by atoms with E-state index in [1.54, 1.807) is 0 Å². The molecule has 0 spiro atoms. The number of rotatable bonds is 3. The predicted octanol–water partition coefficient (Wildman–Crippen LogP) is 6.30. The molecule has 170 valence electrons. The van der Waals surface area contributed by atoms with Crippen molar-refractivity contribution in [2.45, 2.75) is 43.1 Å². The molecule has 0 aliphatic carbocycles. The molecule has 0 radical (unpaired) electrons. The second-order valence-corrected chi connectivity index (χ2v) is 10.5. The van der Waals surface area contributed by atoms with Crippen molar-refractivity contribution in [3.8, 4) is 0 Å². The first-order valence-electron chi connectivity index (χ1n) is 10.7. The van der Waals surface area contributed by atoms with Crippen LogP contribution in [-0.4, -0.2) is 22.6 Å². The molecular formula is C26H23Cl3N2O2. The van der Waals surface area contributed by atoms with Gasteiger partial charge in [0.2, 0.25) is 0 Å². The van der Waals surface area contributed by atoms with Crippen molar-refractivity contribution in [2.24, 2.45) is 5.73 Å². The fourth-order valence-corrected chi connectivity index (χ4v) is 6.11. The van der Waals surface area contributed by atoms with Crippen molar-refractivity contribution in [1.82, 2.24) is 4.90 Å². The van der Waals surface area contributed by atoms with Crippen LogP contribution in [0.1, 0.15) is 42.5 Å². The van der Waals surface area contributed by atoms with Gasteiger partial charge in [-0.15, -0.1) is 0 Å². The molecule has 0 amide bonds. The molecular weight excluding hydrogens is 479 g/mol. The third-order valence-electron chi connectivity index (χ3n) is 6.79. The zero-order valence-corrected chi connectivity index (χ0v) is 20.4. The Bertz CT molecular complexity index is 1230. The summed E-state index contributed by atoms with van der Waals surface area (Å²) in [6.07, 6.45) is 0. The molecule has 2 saturated heterocycles. The summed E-state index contributed by atoms with van der Waals surface area (Å²) in [5.41, 5.74) is 8.22. The van der Waals surface area contributed by atoms with Crippen LogP contribution in [0.3, 0.4) is 0 Å². The first-order valence-corrected chi connectivity index (χ1v) is 11.8. The summed E-state index contributed by atoms with van der Waals surface area (Å²) in [7, 11) is 0. The molecule has 3 aromatic carbocycles. The van der Waals surface area contributed by atoms with E-state index < -0.39 is 29.3 Å². The van der Waals surface area contributed by atoms with E-state index in [2.05, 4.69) is 4.90 Å². The summed E-state index contributed by atoms with van der Waals surface area (Å²) < 4.78 is 5.87. The Labute approximate surface area is 208 Å². The number of hydrogen-bond donors (Lipinski definition) is 1. The maximum atomic E-state index is 13.4. The van der Waals surface area contributed by atoms with Gasteiger partial charge in [0.15, 0.2) is 5.72 Å². The van der Waals surface area contributed by atoms with Gasteiger partial charge in [-0.25, -0.2) is 4.90 Å². The zero-order chi connectivity index (χ0) is 23.5. The van der Waals surface area contributed by atoms with Crippen LogP contribution in [-0.2, 0) is 15.1 Å². The van der Waals surface area contributed by atoms with E-state index >= 15 is 0 Å². The van der Waals surface area contributed by atoms with E-state index in [4.69, 9.17) is 45.3 Å². The predicted molar refractivity (Wildman–Crippen MR) is 132 cm³/mol. The Hall–Kier alpha value is -2.08. The number of benzene rings is 3. The molecule has 0 unspecified atom stereocenters. The number of hydrogen-bond acceptors (Lipinski definition) is 4. The maximum Gasteiger partial charge on any atom is 0.325 e. The summed E-state index contributed by atoms with van der Waals surface area (Å²) >= 11 is 19.0. The van der Waals surface area contributed by atoms with Gasteiger partial charge >= 0.3 is 5.97 Å². The highest BCUT2D eigenvalue weighted by molar-refractivity contribution is 6.31. The number of cyclic esters (lactones) is 1. The number of esters is 1. The van der Waals surface area contributed by atoms with Gasteiger partial charge < -0.3 is 10.5 Å². The third kappa shape index (κ3) is 3.56. The molecule has 4 atom stereocenters. The normalized spacial score (nSPS) is 28.5. The van der Waals surface area contributed by atoms with Crippen molar-refractivity contribution < 1.29 is 9.53 Å². The van der Waals surface area contributed by atoms with Crippen molar-refractivity contribution >= 4 is 40.8 Å². The lowest BCUT2D eigenvalue weighted by Gasteiger charge is -2.42. The summed E-state index contributed by atoms with van der Waals surface area (Å²) in [4.78, 5) is 15.4. The van der Waals surface area contributed by atoms with Crippen LogP contribution in [0.5, 0.6) is 0 Å². The summed E-state index contributed by atoms with van der Waals surface area (Å²) in [5, 5.41) is 1.78. The number of carbonyl (C=O) groups is 1. The topological polar surface area (TPSA) is 55.6 Å². The number of halogens is 3. The SMILES string of the molecule is CC1(C)OC(=O)[C@H]2[C@H](c3cccc(Cl)c3)[C@@](N)(c3ccc(Cl)cc3)[C@H](c3cccc(Cl)c3)N21. The van der Waals surface area contributed by atoms with Gasteiger partial charge in [-0.2, -0.15) is 0 Å². The summed E-state index contributed by atoms with van der Waals surface area (Å²) in [6.45, 7) is 3.79. The highest BCUT2D eigenvalue weighted by atomic mass is 35.5. The highest BCUT2D eigenvalue weighted by Crippen LogP contribution is 2.61. The van der Waals surface area contributed by atoms with E-state index in [0.717, 1.165) is 16.7 Å². The molecule has 2 aliphatic heterocycles. The van der Waals surface area contributed by atoms with E-state index in [1.807, 2.05) is 86.6 Å². The van der Waals surface area contributed by atoms with E-state index in [1.165, 1.54) is 0 Å². The average Bonchev–Trinajstić information content (AvgIpc) is 3.17. The molecule has 33 heavy (non-hydrogen) atoms. The van der Waals surface area contributed by atoms with Crippen LogP contribution < -0.4 is 5.73 Å². The smallest absolute Gasteiger partial charge is 0.325 e. The minimum absolute atomic E-state index is 0.307. The zero-order valence-electron chi connectivity index (χ0n) is 18.1. The van der Waals surface area contributed by atoms with Crippen LogP contribution in [0.25, 0.3) is 0 Å². The monoisotopic (exact) mass is 500 g/mol. The van der Waals surface area contributed by atoms with Crippen molar-refractivity contribution in [3.63, 3.8) is 0 Å². The summed E-state index contributed by atoms with van der Waals surface area (Å²) in [6, 6.07) is 21.6. The lowest BCUT2D eigenvalue weighted by atomic mass is 9.70. The Morgan fingerprint density at radius 2 is 1.42 bits per heavy atom. The van der Waals surface area contributed by atoms with Crippen LogP contribution in [0.4, 0.5) is 0 Å². The molecule has 4 nitrogen and oxygen atoms in total. The van der Waals surface area contributed by atoms with Crippen LogP contribution in [0, 0.1) is 0 Å². The Kier molecular flexibility index (Phi) is 5.50. The molecule has 0 aromatic heterocycles. The van der Waals surface area contributed by atoms with Crippen LogP contribution in [0.2, 0.25) is 15.1 Å². The van der Waals surface area contributed by atoms with E-state index in [0.29, 0.717) is 15.1 Å². The van der Waals surface area contributed by atoms with Crippen LogP contribution in [0.15, 0.2) is 72.8 Å². The molecule has 5 rings (SSSR count). The molecule has 0 bridgehead atoms. The van der Waals surface area contributed by atoms with Gasteiger partial charge in [0.25, 0.3) is 0 Å². The maximum absolute atomic E-state index is 13.4. The first kappa shape index (κ1) is 22.7. The largest absolute Gasteiger partial charge is 0.443 e. The molecule has 3 aromatic rings. The number of ether oxygens (including phenoxy) is 1. The second kappa shape index (κ2) is 8.00. The van der Waals surface area contributed by atoms with Gasteiger partial charge in [-0.3, -0.25) is 4.79 Å². The van der Waals surface area contributed by atoms with E-state index in [9.17, 15) is 4.79 Å². The molecule has 2 heterocycles. The van der Waals surface area contributed by atoms with Crippen molar-refractivity contribution in [1.29, 1.82) is 0 Å². The van der Waals surface area contributed by atoms with Gasteiger partial charge in [0.05, 0.1) is 11.6 Å². The third-order valence-corrected chi connectivity index (χ3v) is 7.51. The lowest BCUT2D eigenvalue weighted by Crippen LogP contribution is -2.50. The van der Waals surface area contributed by atoms with Gasteiger partial charge in [0.1, 0.15) is 6.04 Å². The van der Waals surface area contributed by atoms with Gasteiger partial charge in [0, 0.05) is 21.0 Å². The Morgan fingerprint density at radius 3 is 2.03 bits per heavy atom. The quantitative estimate of drug-likeness (QED) is 0.428. The van der Waals surface area contributed by atoms with Gasteiger partial charge in [-0.05, 0) is 66.9 Å².